The van der Waals surface area contributed by atoms with Crippen LogP contribution in [0.15, 0.2) is 48.7 Å². The first-order valence-electron chi connectivity index (χ1n) is 6.61. The molecule has 0 radical (unpaired) electrons. The molecule has 1 aromatic heterocycles. The number of rotatable bonds is 4. The highest BCUT2D eigenvalue weighted by atomic mass is 35.5. The Labute approximate surface area is 127 Å². The quantitative estimate of drug-likeness (QED) is 0.732. The van der Waals surface area contributed by atoms with Gasteiger partial charge >= 0.3 is 0 Å². The van der Waals surface area contributed by atoms with Crippen LogP contribution in [-0.2, 0) is 6.42 Å². The molecule has 0 unspecified atom stereocenters. The molecule has 0 spiro atoms. The molecule has 0 saturated heterocycles. The highest BCUT2D eigenvalue weighted by molar-refractivity contribution is 6.31. The number of halogens is 1. The van der Waals surface area contributed by atoms with E-state index in [-0.39, 0.29) is 5.78 Å². The van der Waals surface area contributed by atoms with Crippen LogP contribution in [-0.4, -0.2) is 17.9 Å². The van der Waals surface area contributed by atoms with Gasteiger partial charge < -0.3 is 9.72 Å². The SMILES string of the molecule is COc1ccccc1CC(=O)c1c[nH]c2ccc(Cl)cc12. The van der Waals surface area contributed by atoms with Crippen LogP contribution in [0.25, 0.3) is 10.9 Å². The summed E-state index contributed by atoms with van der Waals surface area (Å²) in [7, 11) is 1.61. The van der Waals surface area contributed by atoms with Gasteiger partial charge in [-0.05, 0) is 24.3 Å². The number of aromatic amines is 1. The van der Waals surface area contributed by atoms with Gasteiger partial charge in [-0.15, -0.1) is 0 Å². The Morgan fingerprint density at radius 1 is 1.24 bits per heavy atom. The lowest BCUT2D eigenvalue weighted by Crippen LogP contribution is -2.04. The van der Waals surface area contributed by atoms with E-state index in [1.54, 1.807) is 19.4 Å². The van der Waals surface area contributed by atoms with E-state index in [4.69, 9.17) is 16.3 Å². The lowest BCUT2D eigenvalue weighted by molar-refractivity contribution is 0.0993. The van der Waals surface area contributed by atoms with Crippen molar-refractivity contribution in [2.45, 2.75) is 6.42 Å². The standard InChI is InChI=1S/C17H14ClNO2/c1-21-17-5-3-2-4-11(17)8-16(20)14-10-19-15-7-6-12(18)9-13(14)15/h2-7,9-10,19H,8H2,1H3. The number of Topliss-reactive ketones (excluding diaryl/α,β-unsaturated/α-hetero) is 1. The summed E-state index contributed by atoms with van der Waals surface area (Å²) in [5, 5.41) is 1.47. The van der Waals surface area contributed by atoms with Gasteiger partial charge in [0.05, 0.1) is 7.11 Å². The van der Waals surface area contributed by atoms with Gasteiger partial charge in [-0.3, -0.25) is 4.79 Å². The maximum absolute atomic E-state index is 12.5. The first-order chi connectivity index (χ1) is 10.2. The third-order valence-corrected chi connectivity index (χ3v) is 3.72. The molecule has 21 heavy (non-hydrogen) atoms. The summed E-state index contributed by atoms with van der Waals surface area (Å²) in [6, 6.07) is 13.0. The maximum Gasteiger partial charge on any atom is 0.169 e. The summed E-state index contributed by atoms with van der Waals surface area (Å²) in [6.45, 7) is 0. The molecule has 0 aliphatic heterocycles. The molecule has 106 valence electrons. The summed E-state index contributed by atoms with van der Waals surface area (Å²) in [6.07, 6.45) is 2.03. The second-order valence-electron chi connectivity index (χ2n) is 4.80. The number of hydrogen-bond acceptors (Lipinski definition) is 2. The topological polar surface area (TPSA) is 42.1 Å². The third-order valence-electron chi connectivity index (χ3n) is 3.49. The van der Waals surface area contributed by atoms with E-state index in [2.05, 4.69) is 4.98 Å². The van der Waals surface area contributed by atoms with Crippen LogP contribution in [0.5, 0.6) is 5.75 Å². The number of ketones is 1. The third kappa shape index (κ3) is 2.65. The molecular formula is C17H14ClNO2. The Balaban J connectivity index is 1.96. The Morgan fingerprint density at radius 3 is 2.86 bits per heavy atom. The molecule has 3 nitrogen and oxygen atoms in total. The van der Waals surface area contributed by atoms with Crippen molar-refractivity contribution >= 4 is 28.3 Å². The second kappa shape index (κ2) is 5.62. The van der Waals surface area contributed by atoms with Gasteiger partial charge in [0.15, 0.2) is 5.78 Å². The van der Waals surface area contributed by atoms with Crippen LogP contribution in [0.1, 0.15) is 15.9 Å². The van der Waals surface area contributed by atoms with Crippen molar-refractivity contribution in [3.05, 3.63) is 64.8 Å². The Bertz CT molecular complexity index is 807. The average Bonchev–Trinajstić information content (AvgIpc) is 2.90. The Kier molecular flexibility index (Phi) is 3.67. The first kappa shape index (κ1) is 13.7. The number of carbonyl (C=O) groups excluding carboxylic acids is 1. The highest BCUT2D eigenvalue weighted by Crippen LogP contribution is 2.25. The number of carbonyl (C=O) groups is 1. The summed E-state index contributed by atoms with van der Waals surface area (Å²) in [5.74, 6) is 0.761. The lowest BCUT2D eigenvalue weighted by Gasteiger charge is -2.07. The molecule has 0 amide bonds. The van der Waals surface area contributed by atoms with Crippen molar-refractivity contribution < 1.29 is 9.53 Å². The number of hydrogen-bond donors (Lipinski definition) is 1. The summed E-state index contributed by atoms with van der Waals surface area (Å²) >= 11 is 6.01. The minimum atomic E-state index is 0.0352. The fraction of sp³-hybridized carbons (Fsp3) is 0.118. The van der Waals surface area contributed by atoms with E-state index in [1.807, 2.05) is 36.4 Å². The van der Waals surface area contributed by atoms with Crippen LogP contribution < -0.4 is 4.74 Å². The van der Waals surface area contributed by atoms with E-state index in [9.17, 15) is 4.79 Å². The zero-order valence-electron chi connectivity index (χ0n) is 11.5. The molecule has 3 rings (SSSR count). The predicted molar refractivity (Wildman–Crippen MR) is 84.3 cm³/mol. The maximum atomic E-state index is 12.5. The highest BCUT2D eigenvalue weighted by Gasteiger charge is 2.15. The molecule has 0 fully saturated rings. The molecule has 1 N–H and O–H groups in total. The van der Waals surface area contributed by atoms with E-state index in [0.29, 0.717) is 17.0 Å². The minimum Gasteiger partial charge on any atom is -0.496 e. The average molecular weight is 300 g/mol. The molecule has 2 aromatic carbocycles. The minimum absolute atomic E-state index is 0.0352. The predicted octanol–water partition coefficient (Wildman–Crippen LogP) is 4.26. The zero-order valence-corrected chi connectivity index (χ0v) is 12.3. The molecule has 4 heteroatoms. The largest absolute Gasteiger partial charge is 0.496 e. The van der Waals surface area contributed by atoms with E-state index in [0.717, 1.165) is 22.2 Å². The number of methoxy groups -OCH3 is 1. The van der Waals surface area contributed by atoms with Gasteiger partial charge in [0.1, 0.15) is 5.75 Å². The van der Waals surface area contributed by atoms with Gasteiger partial charge in [0, 0.05) is 39.7 Å². The van der Waals surface area contributed by atoms with Crippen molar-refractivity contribution in [1.29, 1.82) is 0 Å². The van der Waals surface area contributed by atoms with Crippen LogP contribution in [0, 0.1) is 0 Å². The van der Waals surface area contributed by atoms with Gasteiger partial charge in [0.2, 0.25) is 0 Å². The number of ether oxygens (including phenoxy) is 1. The molecule has 0 aliphatic rings. The van der Waals surface area contributed by atoms with E-state index < -0.39 is 0 Å². The number of nitrogens with one attached hydrogen (secondary N) is 1. The van der Waals surface area contributed by atoms with Gasteiger partial charge in [0.25, 0.3) is 0 Å². The van der Waals surface area contributed by atoms with Gasteiger partial charge in [-0.1, -0.05) is 29.8 Å². The molecule has 1 heterocycles. The lowest BCUT2D eigenvalue weighted by atomic mass is 10.0. The van der Waals surface area contributed by atoms with Gasteiger partial charge in [-0.25, -0.2) is 0 Å². The van der Waals surface area contributed by atoms with Gasteiger partial charge in [-0.2, -0.15) is 0 Å². The Morgan fingerprint density at radius 2 is 2.05 bits per heavy atom. The summed E-state index contributed by atoms with van der Waals surface area (Å²) in [5.41, 5.74) is 2.43. The molecule has 0 aliphatic carbocycles. The van der Waals surface area contributed by atoms with Crippen molar-refractivity contribution in [2.75, 3.05) is 7.11 Å². The number of benzene rings is 2. The fourth-order valence-electron chi connectivity index (χ4n) is 2.44. The first-order valence-corrected chi connectivity index (χ1v) is 6.98. The number of H-pyrrole nitrogens is 1. The van der Waals surface area contributed by atoms with Crippen molar-refractivity contribution in [2.24, 2.45) is 0 Å². The van der Waals surface area contributed by atoms with Crippen LogP contribution in [0.3, 0.4) is 0 Å². The normalized spacial score (nSPS) is 10.8. The van der Waals surface area contributed by atoms with Crippen LogP contribution >= 0.6 is 11.6 Å². The van der Waals surface area contributed by atoms with Crippen LogP contribution in [0.4, 0.5) is 0 Å². The van der Waals surface area contributed by atoms with Crippen molar-refractivity contribution in [3.8, 4) is 5.75 Å². The molecule has 3 aromatic rings. The van der Waals surface area contributed by atoms with E-state index >= 15 is 0 Å². The summed E-state index contributed by atoms with van der Waals surface area (Å²) in [4.78, 5) is 15.6. The zero-order chi connectivity index (χ0) is 14.8. The molecule has 0 atom stereocenters. The van der Waals surface area contributed by atoms with E-state index in [1.165, 1.54) is 0 Å². The van der Waals surface area contributed by atoms with Crippen LogP contribution in [0.2, 0.25) is 5.02 Å². The van der Waals surface area contributed by atoms with Crippen molar-refractivity contribution in [1.82, 2.24) is 4.98 Å². The van der Waals surface area contributed by atoms with Crippen molar-refractivity contribution in [3.63, 3.8) is 0 Å². The number of aromatic nitrogens is 1. The molecular weight excluding hydrogens is 286 g/mol. The monoisotopic (exact) mass is 299 g/mol. The molecule has 0 saturated carbocycles. The number of fused-ring (bicyclic) bond motifs is 1. The second-order valence-corrected chi connectivity index (χ2v) is 5.24. The smallest absolute Gasteiger partial charge is 0.169 e. The molecule has 0 bridgehead atoms. The Hall–Kier alpha value is -2.26. The summed E-state index contributed by atoms with van der Waals surface area (Å²) < 4.78 is 5.29. The fourth-order valence-corrected chi connectivity index (χ4v) is 2.61. The number of para-hydroxylation sites is 1.